The van der Waals surface area contributed by atoms with Gasteiger partial charge in [-0.25, -0.2) is 4.39 Å². The Labute approximate surface area is 107 Å². The number of hydrogen-bond donors (Lipinski definition) is 2. The minimum absolute atomic E-state index is 0.266. The van der Waals surface area contributed by atoms with Crippen molar-refractivity contribution in [1.82, 2.24) is 5.32 Å². The molecule has 2 unspecified atom stereocenters. The van der Waals surface area contributed by atoms with E-state index in [1.807, 2.05) is 13.0 Å². The van der Waals surface area contributed by atoms with Gasteiger partial charge in [0.2, 0.25) is 0 Å². The van der Waals surface area contributed by atoms with Crippen molar-refractivity contribution in [3.63, 3.8) is 0 Å². The zero-order chi connectivity index (χ0) is 12.8. The van der Waals surface area contributed by atoms with Crippen molar-refractivity contribution < 1.29 is 9.50 Å². The maximum atomic E-state index is 14.1. The van der Waals surface area contributed by atoms with Crippen molar-refractivity contribution in [3.05, 3.63) is 35.1 Å². The Kier molecular flexibility index (Phi) is 2.91. The fourth-order valence-electron chi connectivity index (χ4n) is 3.55. The second kappa shape index (κ2) is 4.32. The van der Waals surface area contributed by atoms with E-state index in [4.69, 9.17) is 0 Å². The highest BCUT2D eigenvalue weighted by molar-refractivity contribution is 5.29. The first kappa shape index (κ1) is 12.1. The van der Waals surface area contributed by atoms with Gasteiger partial charge in [0.1, 0.15) is 5.82 Å². The van der Waals surface area contributed by atoms with Crippen molar-refractivity contribution in [2.24, 2.45) is 0 Å². The zero-order valence-electron chi connectivity index (χ0n) is 10.7. The summed E-state index contributed by atoms with van der Waals surface area (Å²) in [5.41, 5.74) is 0.388. The summed E-state index contributed by atoms with van der Waals surface area (Å²) in [6.07, 6.45) is 4.65. The highest BCUT2D eigenvalue weighted by Crippen LogP contribution is 2.40. The Morgan fingerprint density at radius 3 is 2.56 bits per heavy atom. The van der Waals surface area contributed by atoms with Crippen molar-refractivity contribution in [2.75, 3.05) is 0 Å². The van der Waals surface area contributed by atoms with Crippen LogP contribution in [0.4, 0.5) is 4.39 Å². The smallest absolute Gasteiger partial charge is 0.129 e. The molecule has 2 N–H and O–H groups in total. The van der Waals surface area contributed by atoms with Gasteiger partial charge in [0.15, 0.2) is 0 Å². The Morgan fingerprint density at radius 2 is 1.94 bits per heavy atom. The zero-order valence-corrected chi connectivity index (χ0v) is 10.7. The van der Waals surface area contributed by atoms with Crippen molar-refractivity contribution in [3.8, 4) is 0 Å². The average molecular weight is 249 g/mol. The molecular formula is C15H20FNO. The molecule has 0 saturated carbocycles. The van der Waals surface area contributed by atoms with E-state index < -0.39 is 5.60 Å². The lowest BCUT2D eigenvalue weighted by Gasteiger charge is -2.45. The summed E-state index contributed by atoms with van der Waals surface area (Å²) in [6.45, 7) is 1.87. The van der Waals surface area contributed by atoms with Crippen molar-refractivity contribution in [1.29, 1.82) is 0 Å². The normalized spacial score (nSPS) is 35.5. The molecule has 1 aromatic rings. The molecule has 0 aromatic heterocycles. The van der Waals surface area contributed by atoms with Crippen molar-refractivity contribution in [2.45, 2.75) is 56.7 Å². The van der Waals surface area contributed by atoms with Crippen LogP contribution >= 0.6 is 0 Å². The molecule has 3 rings (SSSR count). The molecule has 0 spiro atoms. The van der Waals surface area contributed by atoms with Gasteiger partial charge in [-0.05, 0) is 44.2 Å². The van der Waals surface area contributed by atoms with E-state index in [9.17, 15) is 9.50 Å². The van der Waals surface area contributed by atoms with Crippen LogP contribution in [0, 0.1) is 12.7 Å². The standard InChI is InChI=1S/C15H20FNO/c1-10-5-6-13(14(16)7-10)15(18)8-11-3-2-4-12(9-15)17-11/h5-7,11-12,17-18H,2-4,8-9H2,1H3. The van der Waals surface area contributed by atoms with Gasteiger partial charge in [-0.3, -0.25) is 0 Å². The lowest BCUT2D eigenvalue weighted by atomic mass is 9.73. The van der Waals surface area contributed by atoms with Crippen LogP contribution in [0.5, 0.6) is 0 Å². The summed E-state index contributed by atoms with van der Waals surface area (Å²) in [6, 6.07) is 5.83. The molecule has 1 aromatic carbocycles. The summed E-state index contributed by atoms with van der Waals surface area (Å²) in [5.74, 6) is -0.266. The maximum Gasteiger partial charge on any atom is 0.129 e. The summed E-state index contributed by atoms with van der Waals surface area (Å²) < 4.78 is 14.1. The van der Waals surface area contributed by atoms with Gasteiger partial charge in [0, 0.05) is 17.6 Å². The molecule has 0 aliphatic carbocycles. The fourth-order valence-corrected chi connectivity index (χ4v) is 3.55. The van der Waals surface area contributed by atoms with Crippen LogP contribution in [0.2, 0.25) is 0 Å². The Balaban J connectivity index is 1.94. The number of fused-ring (bicyclic) bond motifs is 2. The van der Waals surface area contributed by atoms with Gasteiger partial charge in [0.05, 0.1) is 5.60 Å². The molecule has 98 valence electrons. The van der Waals surface area contributed by atoms with Gasteiger partial charge < -0.3 is 10.4 Å². The van der Waals surface area contributed by atoms with Gasteiger partial charge in [-0.15, -0.1) is 0 Å². The minimum Gasteiger partial charge on any atom is -0.385 e. The van der Waals surface area contributed by atoms with Gasteiger partial charge in [0.25, 0.3) is 0 Å². The molecule has 0 radical (unpaired) electrons. The number of hydrogen-bond acceptors (Lipinski definition) is 2. The predicted octanol–water partition coefficient (Wildman–Crippen LogP) is 2.63. The Morgan fingerprint density at radius 1 is 1.28 bits per heavy atom. The van der Waals surface area contributed by atoms with E-state index >= 15 is 0 Å². The molecule has 2 saturated heterocycles. The quantitative estimate of drug-likeness (QED) is 0.802. The Bertz CT molecular complexity index is 448. The predicted molar refractivity (Wildman–Crippen MR) is 68.8 cm³/mol. The van der Waals surface area contributed by atoms with Gasteiger partial charge >= 0.3 is 0 Å². The third kappa shape index (κ3) is 2.06. The van der Waals surface area contributed by atoms with E-state index in [2.05, 4.69) is 5.32 Å². The molecule has 3 heteroatoms. The maximum absolute atomic E-state index is 14.1. The van der Waals surface area contributed by atoms with E-state index in [0.717, 1.165) is 18.4 Å². The van der Waals surface area contributed by atoms with Crippen LogP contribution in [0.15, 0.2) is 18.2 Å². The largest absolute Gasteiger partial charge is 0.385 e. The van der Waals surface area contributed by atoms with Crippen LogP contribution in [-0.4, -0.2) is 17.2 Å². The van der Waals surface area contributed by atoms with Crippen LogP contribution in [0.3, 0.4) is 0 Å². The van der Waals surface area contributed by atoms with Crippen LogP contribution in [0.25, 0.3) is 0 Å². The summed E-state index contributed by atoms with van der Waals surface area (Å²) >= 11 is 0. The molecule has 2 nitrogen and oxygen atoms in total. The lowest BCUT2D eigenvalue weighted by Crippen LogP contribution is -2.54. The number of benzene rings is 1. The summed E-state index contributed by atoms with van der Waals surface area (Å²) in [7, 11) is 0. The summed E-state index contributed by atoms with van der Waals surface area (Å²) in [4.78, 5) is 0. The molecule has 2 heterocycles. The number of piperidine rings is 2. The van der Waals surface area contributed by atoms with Gasteiger partial charge in [-0.1, -0.05) is 18.6 Å². The number of aryl methyl sites for hydroxylation is 1. The lowest BCUT2D eigenvalue weighted by molar-refractivity contribution is -0.0383. The second-order valence-corrected chi connectivity index (χ2v) is 5.91. The molecule has 2 aliphatic heterocycles. The van der Waals surface area contributed by atoms with Crippen LogP contribution < -0.4 is 5.32 Å². The molecule has 2 atom stereocenters. The topological polar surface area (TPSA) is 32.3 Å². The molecule has 2 aliphatic rings. The van der Waals surface area contributed by atoms with E-state index in [1.54, 1.807) is 6.07 Å². The SMILES string of the molecule is Cc1ccc(C2(O)CC3CCCC(C2)N3)c(F)c1. The third-order valence-electron chi connectivity index (χ3n) is 4.37. The molecule has 18 heavy (non-hydrogen) atoms. The fraction of sp³-hybridized carbons (Fsp3) is 0.600. The van der Waals surface area contributed by atoms with Gasteiger partial charge in [-0.2, -0.15) is 0 Å². The highest BCUT2D eigenvalue weighted by atomic mass is 19.1. The van der Waals surface area contributed by atoms with Crippen LogP contribution in [-0.2, 0) is 5.60 Å². The number of aliphatic hydroxyl groups is 1. The van der Waals surface area contributed by atoms with Crippen molar-refractivity contribution >= 4 is 0 Å². The van der Waals surface area contributed by atoms with Crippen LogP contribution in [0.1, 0.15) is 43.2 Å². The monoisotopic (exact) mass is 249 g/mol. The highest BCUT2D eigenvalue weighted by Gasteiger charge is 2.42. The molecule has 2 bridgehead atoms. The summed E-state index contributed by atoms with van der Waals surface area (Å²) in [5, 5.41) is 14.4. The third-order valence-corrected chi connectivity index (χ3v) is 4.37. The minimum atomic E-state index is -0.987. The molecular weight excluding hydrogens is 229 g/mol. The number of nitrogens with one attached hydrogen (secondary N) is 1. The number of halogens is 1. The van der Waals surface area contributed by atoms with E-state index in [-0.39, 0.29) is 5.82 Å². The molecule has 0 amide bonds. The first-order chi connectivity index (χ1) is 8.57. The van der Waals surface area contributed by atoms with E-state index in [1.165, 1.54) is 12.5 Å². The molecule has 2 fully saturated rings. The first-order valence-electron chi connectivity index (χ1n) is 6.82. The average Bonchev–Trinajstić information content (AvgIpc) is 2.27. The Hall–Kier alpha value is -0.930. The van der Waals surface area contributed by atoms with E-state index in [0.29, 0.717) is 30.5 Å². The number of rotatable bonds is 1. The first-order valence-corrected chi connectivity index (χ1v) is 6.82. The second-order valence-electron chi connectivity index (χ2n) is 5.91.